The Bertz CT molecular complexity index is 705. The lowest BCUT2D eigenvalue weighted by atomic mass is 10.2. The molecule has 0 unspecified atom stereocenters. The summed E-state index contributed by atoms with van der Waals surface area (Å²) in [5.74, 6) is 0.906. The number of carbonyl (C=O) groups is 1. The highest BCUT2D eigenvalue weighted by Crippen LogP contribution is 2.22. The summed E-state index contributed by atoms with van der Waals surface area (Å²) in [6.45, 7) is 4.27. The average molecular weight is 354 g/mol. The fraction of sp³-hybridized carbons (Fsp3) is 0.381. The van der Waals surface area contributed by atoms with Gasteiger partial charge in [0.25, 0.3) is 0 Å². The van der Waals surface area contributed by atoms with Gasteiger partial charge in [-0.25, -0.2) is 0 Å². The van der Waals surface area contributed by atoms with Crippen LogP contribution in [0.4, 0.5) is 5.69 Å². The van der Waals surface area contributed by atoms with Gasteiger partial charge in [-0.15, -0.1) is 0 Å². The lowest BCUT2D eigenvalue weighted by molar-refractivity contribution is -0.121. The van der Waals surface area contributed by atoms with Gasteiger partial charge in [0.1, 0.15) is 5.75 Å². The zero-order chi connectivity index (χ0) is 18.2. The zero-order valence-corrected chi connectivity index (χ0v) is 15.3. The number of piperazine rings is 1. The van der Waals surface area contributed by atoms with Crippen molar-refractivity contribution in [2.45, 2.75) is 13.0 Å². The molecule has 0 aliphatic carbocycles. The topological polar surface area (TPSA) is 42.0 Å². The first-order valence-electron chi connectivity index (χ1n) is 9.05. The van der Waals surface area contributed by atoms with E-state index in [-0.39, 0.29) is 5.91 Å². The molecule has 26 heavy (non-hydrogen) atoms. The number of carbonyl (C=O) groups excluding carboxylic acids is 1. The van der Waals surface area contributed by atoms with Crippen LogP contribution in [0.5, 0.6) is 5.75 Å². The van der Waals surface area contributed by atoms with Crippen molar-refractivity contribution in [1.82, 2.24) is 4.90 Å². The van der Waals surface area contributed by atoms with E-state index in [9.17, 15) is 4.79 Å². The number of ether oxygens (including phenoxy) is 2. The molecule has 5 heteroatoms. The highest BCUT2D eigenvalue weighted by molar-refractivity contribution is 5.95. The summed E-state index contributed by atoms with van der Waals surface area (Å²) in [4.78, 5) is 16.5. The van der Waals surface area contributed by atoms with E-state index >= 15 is 0 Å². The van der Waals surface area contributed by atoms with E-state index in [0.29, 0.717) is 26.3 Å². The summed E-state index contributed by atoms with van der Waals surface area (Å²) in [6.07, 6.45) is 0.930. The van der Waals surface area contributed by atoms with Crippen LogP contribution in [0.25, 0.3) is 0 Å². The van der Waals surface area contributed by atoms with E-state index in [4.69, 9.17) is 9.47 Å². The first kappa shape index (κ1) is 18.4. The van der Waals surface area contributed by atoms with Gasteiger partial charge in [0, 0.05) is 38.0 Å². The van der Waals surface area contributed by atoms with Crippen LogP contribution in [0.2, 0.25) is 0 Å². The minimum Gasteiger partial charge on any atom is -0.497 e. The van der Waals surface area contributed by atoms with Crippen molar-refractivity contribution in [2.24, 2.45) is 0 Å². The van der Waals surface area contributed by atoms with Crippen LogP contribution >= 0.6 is 0 Å². The predicted molar refractivity (Wildman–Crippen MR) is 103 cm³/mol. The van der Waals surface area contributed by atoms with Crippen LogP contribution in [0.1, 0.15) is 12.0 Å². The summed E-state index contributed by atoms with van der Waals surface area (Å²) in [6, 6.07) is 17.8. The van der Waals surface area contributed by atoms with Gasteiger partial charge in [0.15, 0.2) is 0 Å². The number of anilines is 1. The van der Waals surface area contributed by atoms with Gasteiger partial charge in [0.2, 0.25) is 5.91 Å². The summed E-state index contributed by atoms with van der Waals surface area (Å²) in [5.41, 5.74) is 2.09. The van der Waals surface area contributed by atoms with E-state index in [2.05, 4.69) is 17.0 Å². The monoisotopic (exact) mass is 354 g/mol. The molecule has 1 aliphatic rings. The van der Waals surface area contributed by atoms with E-state index in [1.807, 2.05) is 47.4 Å². The Morgan fingerprint density at radius 2 is 1.88 bits per heavy atom. The molecule has 2 aromatic rings. The number of methoxy groups -OCH3 is 1. The Labute approximate surface area is 155 Å². The second-order valence-electron chi connectivity index (χ2n) is 6.41. The van der Waals surface area contributed by atoms with Crippen molar-refractivity contribution in [2.75, 3.05) is 44.8 Å². The number of benzene rings is 2. The second kappa shape index (κ2) is 9.36. The van der Waals surface area contributed by atoms with Crippen molar-refractivity contribution in [3.05, 3.63) is 60.2 Å². The van der Waals surface area contributed by atoms with Crippen molar-refractivity contribution in [3.63, 3.8) is 0 Å². The van der Waals surface area contributed by atoms with Crippen LogP contribution in [0.15, 0.2) is 54.6 Å². The van der Waals surface area contributed by atoms with Crippen molar-refractivity contribution >= 4 is 11.6 Å². The first-order valence-corrected chi connectivity index (χ1v) is 9.05. The van der Waals surface area contributed by atoms with E-state index in [1.54, 1.807) is 7.11 Å². The van der Waals surface area contributed by atoms with E-state index < -0.39 is 0 Å². The Kier molecular flexibility index (Phi) is 6.63. The molecule has 0 saturated carbocycles. The molecule has 0 radical (unpaired) electrons. The SMILES string of the molecule is COc1cccc(N2CCN(CCCOCc3ccccc3)CC2=O)c1. The predicted octanol–water partition coefficient (Wildman–Crippen LogP) is 2.95. The summed E-state index contributed by atoms with van der Waals surface area (Å²) in [5, 5.41) is 0. The molecular weight excluding hydrogens is 328 g/mol. The highest BCUT2D eigenvalue weighted by Gasteiger charge is 2.24. The second-order valence-corrected chi connectivity index (χ2v) is 6.41. The molecule has 0 N–H and O–H groups in total. The maximum absolute atomic E-state index is 12.5. The zero-order valence-electron chi connectivity index (χ0n) is 15.3. The van der Waals surface area contributed by atoms with Crippen LogP contribution in [0.3, 0.4) is 0 Å². The van der Waals surface area contributed by atoms with Gasteiger partial charge >= 0.3 is 0 Å². The quantitative estimate of drug-likeness (QED) is 0.684. The average Bonchev–Trinajstić information content (AvgIpc) is 2.68. The lowest BCUT2D eigenvalue weighted by Gasteiger charge is -2.34. The maximum Gasteiger partial charge on any atom is 0.241 e. The third-order valence-electron chi connectivity index (χ3n) is 4.54. The van der Waals surface area contributed by atoms with Crippen LogP contribution in [0, 0.1) is 0 Å². The number of amides is 1. The molecule has 1 fully saturated rings. The molecule has 3 rings (SSSR count). The van der Waals surface area contributed by atoms with Crippen LogP contribution in [-0.4, -0.2) is 50.7 Å². The molecular formula is C21H26N2O3. The molecule has 0 atom stereocenters. The maximum atomic E-state index is 12.5. The Balaban J connectivity index is 1.39. The van der Waals surface area contributed by atoms with Gasteiger partial charge in [-0.05, 0) is 24.1 Å². The van der Waals surface area contributed by atoms with Gasteiger partial charge < -0.3 is 14.4 Å². The van der Waals surface area contributed by atoms with Crippen molar-refractivity contribution in [3.8, 4) is 5.75 Å². The van der Waals surface area contributed by atoms with Gasteiger partial charge in [-0.1, -0.05) is 36.4 Å². The fourth-order valence-corrected chi connectivity index (χ4v) is 3.12. The van der Waals surface area contributed by atoms with Gasteiger partial charge in [-0.3, -0.25) is 9.69 Å². The Morgan fingerprint density at radius 3 is 2.65 bits per heavy atom. The third kappa shape index (κ3) is 5.07. The number of hydrogen-bond acceptors (Lipinski definition) is 4. The fourth-order valence-electron chi connectivity index (χ4n) is 3.12. The Morgan fingerprint density at radius 1 is 1.04 bits per heavy atom. The standard InChI is InChI=1S/C21H26N2O3/c1-25-20-10-5-9-19(15-20)23-13-12-22(16-21(23)24)11-6-14-26-17-18-7-3-2-4-8-18/h2-5,7-10,15H,6,11-14,16-17H2,1H3. The molecule has 0 spiro atoms. The molecule has 1 saturated heterocycles. The summed E-state index contributed by atoms with van der Waals surface area (Å²) in [7, 11) is 1.64. The minimum atomic E-state index is 0.134. The normalized spacial score (nSPS) is 15.3. The van der Waals surface area contributed by atoms with Crippen molar-refractivity contribution in [1.29, 1.82) is 0 Å². The minimum absolute atomic E-state index is 0.134. The molecule has 1 heterocycles. The van der Waals surface area contributed by atoms with Crippen LogP contribution in [-0.2, 0) is 16.1 Å². The third-order valence-corrected chi connectivity index (χ3v) is 4.54. The van der Waals surface area contributed by atoms with Crippen LogP contribution < -0.4 is 9.64 Å². The van der Waals surface area contributed by atoms with E-state index in [1.165, 1.54) is 5.56 Å². The number of nitrogens with zero attached hydrogens (tertiary/aromatic N) is 2. The van der Waals surface area contributed by atoms with Gasteiger partial charge in [0.05, 0.1) is 20.3 Å². The smallest absolute Gasteiger partial charge is 0.241 e. The molecule has 0 bridgehead atoms. The molecule has 0 aromatic heterocycles. The molecule has 1 amide bonds. The summed E-state index contributed by atoms with van der Waals surface area (Å²) >= 11 is 0. The molecule has 138 valence electrons. The highest BCUT2D eigenvalue weighted by atomic mass is 16.5. The van der Waals surface area contributed by atoms with Gasteiger partial charge in [-0.2, -0.15) is 0 Å². The first-order chi connectivity index (χ1) is 12.8. The van der Waals surface area contributed by atoms with E-state index in [0.717, 1.165) is 30.9 Å². The Hall–Kier alpha value is -2.37. The summed E-state index contributed by atoms with van der Waals surface area (Å²) < 4.78 is 11.0. The largest absolute Gasteiger partial charge is 0.497 e. The molecule has 2 aromatic carbocycles. The van der Waals surface area contributed by atoms with Crippen molar-refractivity contribution < 1.29 is 14.3 Å². The number of rotatable bonds is 8. The lowest BCUT2D eigenvalue weighted by Crippen LogP contribution is -2.50. The molecule has 1 aliphatic heterocycles. The molecule has 5 nitrogen and oxygen atoms in total. The number of hydrogen-bond donors (Lipinski definition) is 0.